The third-order valence-corrected chi connectivity index (χ3v) is 6.16. The Bertz CT molecular complexity index is 630. The lowest BCUT2D eigenvalue weighted by Crippen LogP contribution is -2.10. The molecule has 0 N–H and O–H groups in total. The van der Waals surface area contributed by atoms with E-state index in [0.29, 0.717) is 13.0 Å². The van der Waals surface area contributed by atoms with Crippen molar-refractivity contribution in [3.8, 4) is 11.5 Å². The summed E-state index contributed by atoms with van der Waals surface area (Å²) in [5.74, 6) is 3.48. The van der Waals surface area contributed by atoms with Gasteiger partial charge in [-0.15, -0.1) is 0 Å². The number of benzene rings is 1. The summed E-state index contributed by atoms with van der Waals surface area (Å²) in [7, 11) is 3.93. The van der Waals surface area contributed by atoms with Crippen molar-refractivity contribution < 1.29 is 17.9 Å². The topological polar surface area (TPSA) is 52.6 Å². The van der Waals surface area contributed by atoms with Gasteiger partial charge in [-0.05, 0) is 40.3 Å². The fourth-order valence-electron chi connectivity index (χ4n) is 2.23. The second-order valence-corrected chi connectivity index (χ2v) is 13.4. The average Bonchev–Trinajstić information content (AvgIpc) is 2.43. The van der Waals surface area contributed by atoms with Crippen molar-refractivity contribution in [3.63, 3.8) is 0 Å². The van der Waals surface area contributed by atoms with Crippen molar-refractivity contribution >= 4 is 41.5 Å². The van der Waals surface area contributed by atoms with Gasteiger partial charge < -0.3 is 9.47 Å². The van der Waals surface area contributed by atoms with Crippen LogP contribution in [0.2, 0.25) is 0 Å². The maximum absolute atomic E-state index is 11.0. The molecule has 0 saturated carbocycles. The van der Waals surface area contributed by atoms with Crippen molar-refractivity contribution in [2.45, 2.75) is 17.9 Å². The van der Waals surface area contributed by atoms with Crippen molar-refractivity contribution in [3.05, 3.63) is 23.3 Å². The Morgan fingerprint density at radius 2 is 1.50 bits per heavy atom. The summed E-state index contributed by atoms with van der Waals surface area (Å²) >= 11 is 0. The Balaban J connectivity index is 2.99. The fourth-order valence-corrected chi connectivity index (χ4v) is 4.71. The maximum atomic E-state index is 11.0. The molecule has 0 atom stereocenters. The summed E-state index contributed by atoms with van der Waals surface area (Å²) in [6, 6.07) is 4.10. The molecule has 0 aromatic heterocycles. The third kappa shape index (κ3) is 8.23. The summed E-state index contributed by atoms with van der Waals surface area (Å²) in [6.45, 7) is 0.329. The molecular formula is C16H27ClO4S3+2. The van der Waals surface area contributed by atoms with Crippen molar-refractivity contribution in [1.82, 2.24) is 0 Å². The molecule has 138 valence electrons. The minimum Gasteiger partial charge on any atom is -0.496 e. The van der Waals surface area contributed by atoms with Crippen LogP contribution in [0.25, 0.3) is 0 Å². The van der Waals surface area contributed by atoms with Crippen molar-refractivity contribution in [2.75, 3.05) is 44.5 Å². The molecule has 0 unspecified atom stereocenters. The minimum absolute atomic E-state index is 0.0772. The maximum Gasteiger partial charge on any atom is 0.232 e. The van der Waals surface area contributed by atoms with Crippen LogP contribution in [-0.2, 0) is 42.3 Å². The number of halogens is 1. The predicted molar refractivity (Wildman–Crippen MR) is 109 cm³/mol. The highest BCUT2D eigenvalue weighted by atomic mass is 35.7. The summed E-state index contributed by atoms with van der Waals surface area (Å²) < 4.78 is 33.5. The van der Waals surface area contributed by atoms with Crippen LogP contribution in [0.15, 0.2) is 12.1 Å². The van der Waals surface area contributed by atoms with Crippen molar-refractivity contribution in [2.24, 2.45) is 0 Å². The highest BCUT2D eigenvalue weighted by Gasteiger charge is 2.19. The average molecular weight is 415 g/mol. The van der Waals surface area contributed by atoms with E-state index in [1.165, 1.54) is 0 Å². The zero-order chi connectivity index (χ0) is 18.3. The van der Waals surface area contributed by atoms with Crippen LogP contribution >= 0.6 is 10.7 Å². The van der Waals surface area contributed by atoms with Crippen molar-refractivity contribution in [1.29, 1.82) is 0 Å². The molecule has 0 aliphatic heterocycles. The molecule has 0 fully saturated rings. The molecule has 24 heavy (non-hydrogen) atoms. The first kappa shape index (κ1) is 21.8. The first-order chi connectivity index (χ1) is 11.1. The Hall–Kier alpha value is -0.240. The van der Waals surface area contributed by atoms with E-state index in [9.17, 15) is 8.42 Å². The highest BCUT2D eigenvalue weighted by molar-refractivity contribution is 8.13. The van der Waals surface area contributed by atoms with Gasteiger partial charge in [-0.2, -0.15) is 0 Å². The van der Waals surface area contributed by atoms with Crippen LogP contribution in [0.4, 0.5) is 0 Å². The number of rotatable bonds is 10. The summed E-state index contributed by atoms with van der Waals surface area (Å²) in [4.78, 5) is 0. The van der Waals surface area contributed by atoms with Gasteiger partial charge >= 0.3 is 0 Å². The molecule has 4 nitrogen and oxygen atoms in total. The fraction of sp³-hybridized carbons (Fsp3) is 0.625. The van der Waals surface area contributed by atoms with Gasteiger partial charge in [-0.3, -0.25) is 0 Å². The summed E-state index contributed by atoms with van der Waals surface area (Å²) in [6.07, 6.45) is 9.12. The van der Waals surface area contributed by atoms with E-state index >= 15 is 0 Å². The molecule has 0 saturated heterocycles. The largest absolute Gasteiger partial charge is 0.496 e. The Morgan fingerprint density at radius 3 is 1.96 bits per heavy atom. The molecule has 1 aromatic carbocycles. The Morgan fingerprint density at radius 1 is 1.00 bits per heavy atom. The second kappa shape index (κ2) is 10.0. The molecule has 0 spiro atoms. The molecule has 0 aliphatic rings. The zero-order valence-electron chi connectivity index (χ0n) is 14.9. The molecule has 0 bridgehead atoms. The van der Waals surface area contributed by atoms with E-state index < -0.39 is 9.05 Å². The van der Waals surface area contributed by atoms with Gasteiger partial charge in [0, 0.05) is 21.8 Å². The molecule has 0 radical (unpaired) electrons. The number of ether oxygens (including phenoxy) is 2. The number of methoxy groups -OCH3 is 1. The summed E-state index contributed by atoms with van der Waals surface area (Å²) in [5, 5.41) is 0. The Kier molecular flexibility index (Phi) is 9.12. The molecule has 0 heterocycles. The standard InChI is InChI=1S/C16H27ClO4S3/c1-20-15-9-14(12-23(4)5)16(10-13(15)11-22(2)3)21-7-6-8-24(17,18)19/h9-10H,6-8,11-12H2,1-5H3/q+2. The molecular weight excluding hydrogens is 388 g/mol. The van der Waals surface area contributed by atoms with E-state index in [0.717, 1.165) is 34.1 Å². The van der Waals surface area contributed by atoms with Crippen LogP contribution in [0.3, 0.4) is 0 Å². The normalized spacial score (nSPS) is 12.0. The number of hydrogen-bond donors (Lipinski definition) is 0. The first-order valence-electron chi connectivity index (χ1n) is 7.45. The minimum atomic E-state index is -3.47. The monoisotopic (exact) mass is 414 g/mol. The second-order valence-electron chi connectivity index (χ2n) is 5.98. The van der Waals surface area contributed by atoms with E-state index in [4.69, 9.17) is 20.2 Å². The zero-order valence-corrected chi connectivity index (χ0v) is 18.1. The SMILES string of the molecule is COc1cc(C[S+](C)C)c(OCCCS(=O)(=O)Cl)cc1C[S+](C)C. The van der Waals surface area contributed by atoms with Gasteiger partial charge in [0.25, 0.3) is 0 Å². The van der Waals surface area contributed by atoms with E-state index in [2.05, 4.69) is 31.1 Å². The van der Waals surface area contributed by atoms with E-state index in [-0.39, 0.29) is 27.5 Å². The smallest absolute Gasteiger partial charge is 0.232 e. The Labute approximate surface area is 156 Å². The molecule has 1 rings (SSSR count). The van der Waals surface area contributed by atoms with Crippen LogP contribution in [0.1, 0.15) is 17.5 Å². The quantitative estimate of drug-likeness (QED) is 0.335. The van der Waals surface area contributed by atoms with E-state index in [1.54, 1.807) is 7.11 Å². The van der Waals surface area contributed by atoms with Gasteiger partial charge in [-0.25, -0.2) is 8.42 Å². The first-order valence-corrected chi connectivity index (χ1v) is 14.4. The van der Waals surface area contributed by atoms with E-state index in [1.807, 2.05) is 6.07 Å². The molecule has 1 aromatic rings. The molecule has 8 heteroatoms. The van der Waals surface area contributed by atoms with Gasteiger partial charge in [-0.1, -0.05) is 0 Å². The predicted octanol–water partition coefficient (Wildman–Crippen LogP) is 2.79. The lowest BCUT2D eigenvalue weighted by atomic mass is 10.1. The van der Waals surface area contributed by atoms with Gasteiger partial charge in [0.15, 0.2) is 0 Å². The van der Waals surface area contributed by atoms with Crippen LogP contribution in [0.5, 0.6) is 11.5 Å². The molecule has 0 aliphatic carbocycles. The van der Waals surface area contributed by atoms with Crippen LogP contribution in [-0.4, -0.2) is 52.9 Å². The molecule has 0 amide bonds. The lowest BCUT2D eigenvalue weighted by Gasteiger charge is -2.15. The number of hydrogen-bond acceptors (Lipinski definition) is 4. The van der Waals surface area contributed by atoms with Gasteiger partial charge in [0.1, 0.15) is 23.0 Å². The summed E-state index contributed by atoms with van der Waals surface area (Å²) in [5.41, 5.74) is 2.23. The lowest BCUT2D eigenvalue weighted by molar-refractivity contribution is 0.314. The third-order valence-electron chi connectivity index (χ3n) is 3.14. The van der Waals surface area contributed by atoms with Crippen LogP contribution in [0, 0.1) is 0 Å². The van der Waals surface area contributed by atoms with Crippen LogP contribution < -0.4 is 9.47 Å². The highest BCUT2D eigenvalue weighted by Crippen LogP contribution is 2.31. The van der Waals surface area contributed by atoms with Gasteiger partial charge in [0.05, 0.1) is 44.5 Å². The van der Waals surface area contributed by atoms with Gasteiger partial charge in [0.2, 0.25) is 9.05 Å².